The van der Waals surface area contributed by atoms with Crippen molar-refractivity contribution >= 4 is 22.1 Å². The monoisotopic (exact) mass is 256 g/mol. The summed E-state index contributed by atoms with van der Waals surface area (Å²) < 4.78 is 0. The molecule has 0 radical (unpaired) electrons. The highest BCUT2D eigenvalue weighted by molar-refractivity contribution is 7.13. The summed E-state index contributed by atoms with van der Waals surface area (Å²) in [6.07, 6.45) is 0. The van der Waals surface area contributed by atoms with Crippen molar-refractivity contribution in [2.45, 2.75) is 13.8 Å². The van der Waals surface area contributed by atoms with Crippen LogP contribution in [0.1, 0.15) is 11.1 Å². The zero-order chi connectivity index (χ0) is 12.7. The van der Waals surface area contributed by atoms with Gasteiger partial charge in [0.1, 0.15) is 5.69 Å². The summed E-state index contributed by atoms with van der Waals surface area (Å²) in [6, 6.07) is 8.03. The maximum atomic E-state index is 12.0. The summed E-state index contributed by atoms with van der Waals surface area (Å²) in [5.41, 5.74) is 2.81. The molecule has 0 fully saturated rings. The summed E-state index contributed by atoms with van der Waals surface area (Å²) >= 11 is 1.63. The fraction of sp³-hybridized carbons (Fsp3) is 0.143. The van der Waals surface area contributed by atoms with E-state index in [9.17, 15) is 4.79 Å². The van der Waals surface area contributed by atoms with Crippen LogP contribution in [0.25, 0.3) is 21.3 Å². The lowest BCUT2D eigenvalue weighted by Crippen LogP contribution is -2.11. The van der Waals surface area contributed by atoms with E-state index in [1.54, 1.807) is 11.3 Å². The van der Waals surface area contributed by atoms with Crippen molar-refractivity contribution in [1.82, 2.24) is 10.2 Å². The molecule has 0 unspecified atom stereocenters. The summed E-state index contributed by atoms with van der Waals surface area (Å²) in [5.74, 6) is 0. The van der Waals surface area contributed by atoms with Crippen LogP contribution in [0, 0.1) is 13.8 Å². The molecular weight excluding hydrogens is 244 g/mol. The number of aromatic amines is 1. The average molecular weight is 256 g/mol. The standard InChI is InChI=1S/C14H12N2OS/c1-8-5-6-9(2)12-11(8)13(15-16-14(12)17)10-4-3-7-18-10/h3-7H,1-2H3,(H,16,17). The molecule has 0 atom stereocenters. The van der Waals surface area contributed by atoms with E-state index in [1.807, 2.05) is 43.5 Å². The minimum Gasteiger partial charge on any atom is -0.267 e. The molecule has 0 aliphatic carbocycles. The number of hydrogen-bond acceptors (Lipinski definition) is 3. The lowest BCUT2D eigenvalue weighted by molar-refractivity contribution is 1.02. The SMILES string of the molecule is Cc1ccc(C)c2c(=O)[nH]nc(-c3cccs3)c12. The van der Waals surface area contributed by atoms with Crippen molar-refractivity contribution in [3.8, 4) is 10.6 Å². The second kappa shape index (κ2) is 4.07. The molecule has 0 saturated carbocycles. The van der Waals surface area contributed by atoms with Crippen LogP contribution in [0.4, 0.5) is 0 Å². The first-order valence-electron chi connectivity index (χ1n) is 5.71. The fourth-order valence-electron chi connectivity index (χ4n) is 2.22. The van der Waals surface area contributed by atoms with Gasteiger partial charge in [0.15, 0.2) is 0 Å². The van der Waals surface area contributed by atoms with E-state index >= 15 is 0 Å². The molecule has 3 aromatic rings. The van der Waals surface area contributed by atoms with Gasteiger partial charge in [-0.3, -0.25) is 4.79 Å². The molecule has 2 aromatic heterocycles. The van der Waals surface area contributed by atoms with Gasteiger partial charge in [0.2, 0.25) is 0 Å². The third kappa shape index (κ3) is 1.57. The van der Waals surface area contributed by atoms with Crippen LogP contribution in [-0.4, -0.2) is 10.2 Å². The minimum atomic E-state index is -0.119. The number of hydrogen-bond donors (Lipinski definition) is 1. The summed E-state index contributed by atoms with van der Waals surface area (Å²) in [4.78, 5) is 13.0. The number of benzene rings is 1. The van der Waals surface area contributed by atoms with Crippen LogP contribution in [0.3, 0.4) is 0 Å². The topological polar surface area (TPSA) is 45.8 Å². The zero-order valence-corrected chi connectivity index (χ0v) is 11.0. The molecule has 0 aliphatic heterocycles. The quantitative estimate of drug-likeness (QED) is 0.726. The zero-order valence-electron chi connectivity index (χ0n) is 10.2. The summed E-state index contributed by atoms with van der Waals surface area (Å²) in [5, 5.41) is 10.5. The van der Waals surface area contributed by atoms with Crippen molar-refractivity contribution in [2.24, 2.45) is 0 Å². The molecule has 3 nitrogen and oxygen atoms in total. The second-order valence-electron chi connectivity index (χ2n) is 4.33. The van der Waals surface area contributed by atoms with Crippen LogP contribution in [0.15, 0.2) is 34.4 Å². The highest BCUT2D eigenvalue weighted by atomic mass is 32.1. The van der Waals surface area contributed by atoms with Gasteiger partial charge in [-0.15, -0.1) is 11.3 Å². The smallest absolute Gasteiger partial charge is 0.267 e. The number of H-pyrrole nitrogens is 1. The molecule has 0 aliphatic rings. The number of aromatic nitrogens is 2. The van der Waals surface area contributed by atoms with Gasteiger partial charge in [0.25, 0.3) is 5.56 Å². The van der Waals surface area contributed by atoms with E-state index in [4.69, 9.17) is 0 Å². The Kier molecular flexibility index (Phi) is 2.52. The molecule has 18 heavy (non-hydrogen) atoms. The molecule has 4 heteroatoms. The van der Waals surface area contributed by atoms with Gasteiger partial charge in [-0.05, 0) is 36.4 Å². The predicted octanol–water partition coefficient (Wildman–Crippen LogP) is 3.27. The fourth-order valence-corrected chi connectivity index (χ4v) is 2.94. The average Bonchev–Trinajstić information content (AvgIpc) is 2.87. The third-order valence-electron chi connectivity index (χ3n) is 3.11. The molecule has 3 rings (SSSR count). The number of nitrogens with zero attached hydrogens (tertiary/aromatic N) is 1. The van der Waals surface area contributed by atoms with Crippen LogP contribution < -0.4 is 5.56 Å². The van der Waals surface area contributed by atoms with E-state index in [0.717, 1.165) is 32.5 Å². The van der Waals surface area contributed by atoms with Gasteiger partial charge in [-0.25, -0.2) is 5.10 Å². The van der Waals surface area contributed by atoms with Crippen molar-refractivity contribution in [3.63, 3.8) is 0 Å². The lowest BCUT2D eigenvalue weighted by Gasteiger charge is -2.08. The Morgan fingerprint density at radius 1 is 1.11 bits per heavy atom. The number of nitrogens with one attached hydrogen (secondary N) is 1. The number of thiophene rings is 1. The van der Waals surface area contributed by atoms with Crippen molar-refractivity contribution in [3.05, 3.63) is 51.1 Å². The normalized spacial score (nSPS) is 11.0. The summed E-state index contributed by atoms with van der Waals surface area (Å²) in [6.45, 7) is 3.97. The van der Waals surface area contributed by atoms with E-state index in [-0.39, 0.29) is 5.56 Å². The van der Waals surface area contributed by atoms with E-state index in [1.165, 1.54) is 0 Å². The van der Waals surface area contributed by atoms with Crippen LogP contribution in [-0.2, 0) is 0 Å². The maximum absolute atomic E-state index is 12.0. The molecule has 0 bridgehead atoms. The van der Waals surface area contributed by atoms with Crippen LogP contribution >= 0.6 is 11.3 Å². The van der Waals surface area contributed by atoms with E-state index in [0.29, 0.717) is 0 Å². The summed E-state index contributed by atoms with van der Waals surface area (Å²) in [7, 11) is 0. The van der Waals surface area contributed by atoms with Gasteiger partial charge in [-0.1, -0.05) is 18.2 Å². The maximum Gasteiger partial charge on any atom is 0.272 e. The first-order valence-corrected chi connectivity index (χ1v) is 6.59. The Morgan fingerprint density at radius 2 is 1.83 bits per heavy atom. The predicted molar refractivity (Wildman–Crippen MR) is 75.2 cm³/mol. The highest BCUT2D eigenvalue weighted by Gasteiger charge is 2.13. The highest BCUT2D eigenvalue weighted by Crippen LogP contribution is 2.31. The van der Waals surface area contributed by atoms with E-state index < -0.39 is 0 Å². The molecule has 2 heterocycles. The lowest BCUT2D eigenvalue weighted by atomic mass is 10.0. The van der Waals surface area contributed by atoms with Crippen molar-refractivity contribution in [2.75, 3.05) is 0 Å². The molecule has 0 saturated heterocycles. The van der Waals surface area contributed by atoms with Crippen molar-refractivity contribution in [1.29, 1.82) is 0 Å². The van der Waals surface area contributed by atoms with Crippen LogP contribution in [0.5, 0.6) is 0 Å². The van der Waals surface area contributed by atoms with Gasteiger partial charge in [0, 0.05) is 5.39 Å². The number of rotatable bonds is 1. The minimum absolute atomic E-state index is 0.119. The molecular formula is C14H12N2OS. The molecule has 0 amide bonds. The third-order valence-corrected chi connectivity index (χ3v) is 3.99. The number of aryl methyl sites for hydroxylation is 2. The Balaban J connectivity index is 2.53. The Morgan fingerprint density at radius 3 is 2.50 bits per heavy atom. The first-order chi connectivity index (χ1) is 8.68. The largest absolute Gasteiger partial charge is 0.272 e. The van der Waals surface area contributed by atoms with Gasteiger partial charge < -0.3 is 0 Å². The molecule has 0 spiro atoms. The Bertz CT molecular complexity index is 772. The second-order valence-corrected chi connectivity index (χ2v) is 5.28. The van der Waals surface area contributed by atoms with Gasteiger partial charge in [0.05, 0.1) is 10.3 Å². The van der Waals surface area contributed by atoms with Crippen molar-refractivity contribution < 1.29 is 0 Å². The molecule has 1 N–H and O–H groups in total. The molecule has 90 valence electrons. The van der Waals surface area contributed by atoms with E-state index in [2.05, 4.69) is 10.2 Å². The van der Waals surface area contributed by atoms with Crippen LogP contribution in [0.2, 0.25) is 0 Å². The number of fused-ring (bicyclic) bond motifs is 1. The van der Waals surface area contributed by atoms with Gasteiger partial charge in [-0.2, -0.15) is 5.10 Å². The first kappa shape index (κ1) is 11.2. The Hall–Kier alpha value is -1.94. The molecule has 1 aromatic carbocycles. The Labute approximate surface area is 108 Å². The van der Waals surface area contributed by atoms with Gasteiger partial charge >= 0.3 is 0 Å².